The minimum Gasteiger partial charge on any atom is -0.445 e. The minimum absolute atomic E-state index is 0.212. The highest BCUT2D eigenvalue weighted by Gasteiger charge is 2.33. The van der Waals surface area contributed by atoms with Gasteiger partial charge < -0.3 is 14.7 Å². The lowest BCUT2D eigenvalue weighted by atomic mass is 10.1. The van der Waals surface area contributed by atoms with Crippen LogP contribution in [0.3, 0.4) is 0 Å². The van der Waals surface area contributed by atoms with E-state index in [1.54, 1.807) is 0 Å². The molecule has 1 N–H and O–H groups in total. The van der Waals surface area contributed by atoms with E-state index in [2.05, 4.69) is 4.90 Å². The third kappa shape index (κ3) is 4.69. The Hall–Kier alpha value is -1.59. The van der Waals surface area contributed by atoms with E-state index < -0.39 is 0 Å². The number of hydrogen-bond donors (Lipinski definition) is 1. The van der Waals surface area contributed by atoms with E-state index in [-0.39, 0.29) is 12.7 Å². The number of ether oxygens (including phenoxy) is 1. The Labute approximate surface area is 137 Å². The van der Waals surface area contributed by atoms with Gasteiger partial charge in [-0.05, 0) is 30.7 Å². The molecular weight excluding hydrogens is 292 g/mol. The van der Waals surface area contributed by atoms with Gasteiger partial charge in [-0.25, -0.2) is 4.79 Å². The van der Waals surface area contributed by atoms with Crippen LogP contribution in [0.5, 0.6) is 0 Å². The predicted octanol–water partition coefficient (Wildman–Crippen LogP) is 2.10. The van der Waals surface area contributed by atoms with Crippen molar-refractivity contribution in [2.24, 2.45) is 5.92 Å². The Kier molecular flexibility index (Phi) is 5.51. The number of carbonyl (C=O) groups is 1. The van der Waals surface area contributed by atoms with Crippen LogP contribution in [0.25, 0.3) is 0 Å². The van der Waals surface area contributed by atoms with Gasteiger partial charge >= 0.3 is 6.09 Å². The van der Waals surface area contributed by atoms with Gasteiger partial charge in [-0.1, -0.05) is 30.3 Å². The van der Waals surface area contributed by atoms with Crippen LogP contribution in [0.4, 0.5) is 4.79 Å². The SMILES string of the molecule is O=C(OCc1ccccc1)N1CC[C@@H](CN(CCO)C2CC2)C1. The maximum atomic E-state index is 12.2. The summed E-state index contributed by atoms with van der Waals surface area (Å²) in [5.41, 5.74) is 1.01. The van der Waals surface area contributed by atoms with Crippen molar-refractivity contribution in [2.75, 3.05) is 32.8 Å². The second-order valence-corrected chi connectivity index (χ2v) is 6.59. The lowest BCUT2D eigenvalue weighted by Gasteiger charge is -2.24. The zero-order valence-corrected chi connectivity index (χ0v) is 13.6. The second-order valence-electron chi connectivity index (χ2n) is 6.59. The van der Waals surface area contributed by atoms with Gasteiger partial charge in [-0.3, -0.25) is 4.90 Å². The van der Waals surface area contributed by atoms with Gasteiger partial charge in [0, 0.05) is 32.2 Å². The first-order valence-electron chi connectivity index (χ1n) is 8.57. The van der Waals surface area contributed by atoms with E-state index in [9.17, 15) is 9.90 Å². The number of hydrogen-bond acceptors (Lipinski definition) is 4. The van der Waals surface area contributed by atoms with Crippen molar-refractivity contribution in [2.45, 2.75) is 31.9 Å². The first-order valence-corrected chi connectivity index (χ1v) is 8.57. The monoisotopic (exact) mass is 318 g/mol. The Morgan fingerprint density at radius 3 is 2.74 bits per heavy atom. The summed E-state index contributed by atoms with van der Waals surface area (Å²) in [5, 5.41) is 9.18. The zero-order valence-electron chi connectivity index (χ0n) is 13.6. The van der Waals surface area contributed by atoms with Crippen LogP contribution in [0.1, 0.15) is 24.8 Å². The highest BCUT2D eigenvalue weighted by atomic mass is 16.6. The highest BCUT2D eigenvalue weighted by molar-refractivity contribution is 5.68. The summed E-state index contributed by atoms with van der Waals surface area (Å²) in [6.07, 6.45) is 3.30. The Morgan fingerprint density at radius 1 is 1.26 bits per heavy atom. The molecule has 5 heteroatoms. The number of aliphatic hydroxyl groups is 1. The molecule has 1 aromatic rings. The second kappa shape index (κ2) is 7.79. The van der Waals surface area contributed by atoms with Crippen LogP contribution < -0.4 is 0 Å². The third-order valence-corrected chi connectivity index (χ3v) is 4.69. The van der Waals surface area contributed by atoms with E-state index in [4.69, 9.17) is 4.74 Å². The molecule has 2 aliphatic rings. The molecule has 0 spiro atoms. The first-order chi connectivity index (χ1) is 11.3. The van der Waals surface area contributed by atoms with Crippen molar-refractivity contribution < 1.29 is 14.6 Å². The standard InChI is InChI=1S/C18H26N2O3/c21-11-10-19(17-6-7-17)12-16-8-9-20(13-16)18(22)23-14-15-4-2-1-3-5-15/h1-5,16-17,21H,6-14H2/t16-/m0/s1. The summed E-state index contributed by atoms with van der Waals surface area (Å²) < 4.78 is 5.41. The van der Waals surface area contributed by atoms with Crippen LogP contribution in [-0.4, -0.2) is 59.8 Å². The van der Waals surface area contributed by atoms with Crippen LogP contribution in [-0.2, 0) is 11.3 Å². The van der Waals surface area contributed by atoms with Gasteiger partial charge in [0.2, 0.25) is 0 Å². The molecule has 1 saturated heterocycles. The maximum absolute atomic E-state index is 12.2. The zero-order chi connectivity index (χ0) is 16.1. The van der Waals surface area contributed by atoms with Crippen LogP contribution in [0.15, 0.2) is 30.3 Å². The summed E-state index contributed by atoms with van der Waals surface area (Å²) in [5.74, 6) is 0.492. The van der Waals surface area contributed by atoms with Crippen molar-refractivity contribution in [1.29, 1.82) is 0 Å². The van der Waals surface area contributed by atoms with Crippen molar-refractivity contribution in [3.63, 3.8) is 0 Å². The quantitative estimate of drug-likeness (QED) is 0.836. The van der Waals surface area contributed by atoms with E-state index in [0.717, 1.165) is 38.2 Å². The van der Waals surface area contributed by atoms with E-state index >= 15 is 0 Å². The summed E-state index contributed by atoms with van der Waals surface area (Å²) in [4.78, 5) is 16.4. The largest absolute Gasteiger partial charge is 0.445 e. The number of amides is 1. The minimum atomic E-state index is -0.212. The van der Waals surface area contributed by atoms with Crippen LogP contribution in [0, 0.1) is 5.92 Å². The Morgan fingerprint density at radius 2 is 2.04 bits per heavy atom. The van der Waals surface area contributed by atoms with E-state index in [1.165, 1.54) is 12.8 Å². The average molecular weight is 318 g/mol. The Bertz CT molecular complexity index is 504. The summed E-state index contributed by atoms with van der Waals surface area (Å²) >= 11 is 0. The highest BCUT2D eigenvalue weighted by Crippen LogP contribution is 2.29. The number of likely N-dealkylation sites (tertiary alicyclic amines) is 1. The molecule has 1 aliphatic carbocycles. The van der Waals surface area contributed by atoms with Crippen molar-refractivity contribution in [3.05, 3.63) is 35.9 Å². The molecule has 1 aliphatic heterocycles. The molecule has 1 amide bonds. The molecule has 0 radical (unpaired) electrons. The molecule has 1 saturated carbocycles. The summed E-state index contributed by atoms with van der Waals surface area (Å²) in [6, 6.07) is 10.4. The molecule has 126 valence electrons. The fraction of sp³-hybridized carbons (Fsp3) is 0.611. The molecule has 5 nitrogen and oxygen atoms in total. The number of rotatable bonds is 7. The smallest absolute Gasteiger partial charge is 0.410 e. The molecule has 2 fully saturated rings. The summed E-state index contributed by atoms with van der Waals surface area (Å²) in [7, 11) is 0. The Balaban J connectivity index is 1.42. The van der Waals surface area contributed by atoms with Gasteiger partial charge in [-0.15, -0.1) is 0 Å². The van der Waals surface area contributed by atoms with Gasteiger partial charge in [-0.2, -0.15) is 0 Å². The molecular formula is C18H26N2O3. The van der Waals surface area contributed by atoms with Crippen LogP contribution in [0.2, 0.25) is 0 Å². The molecule has 0 bridgehead atoms. The maximum Gasteiger partial charge on any atom is 0.410 e. The van der Waals surface area contributed by atoms with E-state index in [0.29, 0.717) is 18.6 Å². The first kappa shape index (κ1) is 16.3. The molecule has 23 heavy (non-hydrogen) atoms. The average Bonchev–Trinajstić information content (AvgIpc) is 3.32. The third-order valence-electron chi connectivity index (χ3n) is 4.69. The van der Waals surface area contributed by atoms with Crippen LogP contribution >= 0.6 is 0 Å². The van der Waals surface area contributed by atoms with Gasteiger partial charge in [0.25, 0.3) is 0 Å². The van der Waals surface area contributed by atoms with Crippen molar-refractivity contribution >= 4 is 6.09 Å². The topological polar surface area (TPSA) is 53.0 Å². The molecule has 1 heterocycles. The molecule has 0 aromatic heterocycles. The summed E-state index contributed by atoms with van der Waals surface area (Å²) in [6.45, 7) is 3.82. The molecule has 1 aromatic carbocycles. The molecule has 0 unspecified atom stereocenters. The van der Waals surface area contributed by atoms with Gasteiger partial charge in [0.15, 0.2) is 0 Å². The van der Waals surface area contributed by atoms with Crippen molar-refractivity contribution in [1.82, 2.24) is 9.80 Å². The fourth-order valence-corrected chi connectivity index (χ4v) is 3.28. The lowest BCUT2D eigenvalue weighted by Crippen LogP contribution is -2.36. The number of carbonyl (C=O) groups excluding carboxylic acids is 1. The van der Waals surface area contributed by atoms with Gasteiger partial charge in [0.1, 0.15) is 6.61 Å². The molecule has 3 rings (SSSR count). The number of nitrogens with zero attached hydrogens (tertiary/aromatic N) is 2. The lowest BCUT2D eigenvalue weighted by molar-refractivity contribution is 0.101. The van der Waals surface area contributed by atoms with Gasteiger partial charge in [0.05, 0.1) is 6.61 Å². The normalized spacial score (nSPS) is 21.0. The fourth-order valence-electron chi connectivity index (χ4n) is 3.28. The number of aliphatic hydroxyl groups excluding tert-OH is 1. The van der Waals surface area contributed by atoms with Crippen molar-refractivity contribution in [3.8, 4) is 0 Å². The molecule has 1 atom stereocenters. The predicted molar refractivity (Wildman–Crippen MR) is 88.0 cm³/mol. The number of benzene rings is 1. The van der Waals surface area contributed by atoms with E-state index in [1.807, 2.05) is 35.2 Å².